The van der Waals surface area contributed by atoms with E-state index in [9.17, 15) is 4.79 Å². The SMILES string of the molecule is CC1=C(C(=O)Nc2ccc3[nH]nc(-c4cc(N5CCNCC5)ncn4)c3c2)C(C)n2nnnc2N1C. The molecule has 0 aliphatic carbocycles. The minimum Gasteiger partial charge on any atom is -0.354 e. The molecule has 1 amide bonds. The van der Waals surface area contributed by atoms with Crippen molar-refractivity contribution in [1.29, 1.82) is 0 Å². The lowest BCUT2D eigenvalue weighted by Crippen LogP contribution is -2.43. The Hall–Kier alpha value is -4.39. The number of H-pyrrole nitrogens is 1. The highest BCUT2D eigenvalue weighted by Gasteiger charge is 2.32. The lowest BCUT2D eigenvalue weighted by atomic mass is 10.0. The smallest absolute Gasteiger partial charge is 0.255 e. The van der Waals surface area contributed by atoms with Gasteiger partial charge in [0.05, 0.1) is 22.8 Å². The second kappa shape index (κ2) is 8.68. The van der Waals surface area contributed by atoms with E-state index < -0.39 is 0 Å². The summed E-state index contributed by atoms with van der Waals surface area (Å²) in [5, 5.41) is 26.7. The number of benzene rings is 1. The third-order valence-electron chi connectivity index (χ3n) is 6.85. The molecule has 0 spiro atoms. The van der Waals surface area contributed by atoms with Gasteiger partial charge in [-0.15, -0.1) is 0 Å². The molecule has 1 unspecified atom stereocenters. The summed E-state index contributed by atoms with van der Waals surface area (Å²) in [7, 11) is 1.84. The van der Waals surface area contributed by atoms with E-state index in [1.807, 2.05) is 50.1 Å². The van der Waals surface area contributed by atoms with Crippen molar-refractivity contribution < 1.29 is 4.79 Å². The number of nitrogens with zero attached hydrogens (tertiary/aromatic N) is 9. The number of tetrazole rings is 1. The van der Waals surface area contributed by atoms with E-state index in [4.69, 9.17) is 0 Å². The molecule has 184 valence electrons. The predicted molar refractivity (Wildman–Crippen MR) is 134 cm³/mol. The Labute approximate surface area is 206 Å². The second-order valence-electron chi connectivity index (χ2n) is 8.94. The average molecular weight is 487 g/mol. The number of piperazine rings is 1. The molecular formula is C23H26N12O. The van der Waals surface area contributed by atoms with Gasteiger partial charge in [0.2, 0.25) is 5.95 Å². The van der Waals surface area contributed by atoms with Crippen LogP contribution >= 0.6 is 0 Å². The molecule has 1 saturated heterocycles. The fourth-order valence-electron chi connectivity index (χ4n) is 4.80. The van der Waals surface area contributed by atoms with Crippen molar-refractivity contribution in [2.75, 3.05) is 48.3 Å². The largest absolute Gasteiger partial charge is 0.354 e. The van der Waals surface area contributed by atoms with Crippen molar-refractivity contribution >= 4 is 34.3 Å². The predicted octanol–water partition coefficient (Wildman–Crippen LogP) is 1.34. The number of allylic oxidation sites excluding steroid dienone is 1. The van der Waals surface area contributed by atoms with Gasteiger partial charge in [-0.05, 0) is 42.5 Å². The Morgan fingerprint density at radius 1 is 1.17 bits per heavy atom. The molecule has 0 bridgehead atoms. The summed E-state index contributed by atoms with van der Waals surface area (Å²) in [5.41, 5.74) is 4.34. The van der Waals surface area contributed by atoms with Crippen LogP contribution in [0.25, 0.3) is 22.3 Å². The van der Waals surface area contributed by atoms with E-state index in [1.54, 1.807) is 11.0 Å². The van der Waals surface area contributed by atoms with Crippen molar-refractivity contribution in [1.82, 2.24) is 45.7 Å². The summed E-state index contributed by atoms with van der Waals surface area (Å²) in [6.07, 6.45) is 1.57. The molecule has 36 heavy (non-hydrogen) atoms. The molecule has 1 atom stereocenters. The molecule has 13 nitrogen and oxygen atoms in total. The molecule has 6 rings (SSSR count). The summed E-state index contributed by atoms with van der Waals surface area (Å²) in [6.45, 7) is 7.44. The number of hydrogen-bond acceptors (Lipinski definition) is 10. The first-order chi connectivity index (χ1) is 17.5. The van der Waals surface area contributed by atoms with Gasteiger partial charge in [0.15, 0.2) is 0 Å². The highest BCUT2D eigenvalue weighted by molar-refractivity contribution is 6.07. The lowest BCUT2D eigenvalue weighted by Gasteiger charge is -2.30. The van der Waals surface area contributed by atoms with E-state index in [1.165, 1.54) is 0 Å². The number of fused-ring (bicyclic) bond motifs is 2. The maximum atomic E-state index is 13.4. The van der Waals surface area contributed by atoms with Crippen molar-refractivity contribution in [3.8, 4) is 11.4 Å². The van der Waals surface area contributed by atoms with Gasteiger partial charge >= 0.3 is 0 Å². The summed E-state index contributed by atoms with van der Waals surface area (Å²) in [4.78, 5) is 26.4. The van der Waals surface area contributed by atoms with Gasteiger partial charge in [-0.25, -0.2) is 14.6 Å². The summed E-state index contributed by atoms with van der Waals surface area (Å²) in [6, 6.07) is 7.32. The van der Waals surface area contributed by atoms with Crippen molar-refractivity contribution in [2.45, 2.75) is 19.9 Å². The molecule has 3 N–H and O–H groups in total. The topological polar surface area (TPSA) is 146 Å². The van der Waals surface area contributed by atoms with Crippen LogP contribution < -0.4 is 20.4 Å². The Bertz CT molecular complexity index is 1480. The van der Waals surface area contributed by atoms with Gasteiger partial charge in [0, 0.05) is 56.1 Å². The number of aromatic amines is 1. The van der Waals surface area contributed by atoms with Crippen molar-refractivity contribution in [2.24, 2.45) is 0 Å². The van der Waals surface area contributed by atoms with Gasteiger partial charge < -0.3 is 20.4 Å². The van der Waals surface area contributed by atoms with Gasteiger partial charge in [-0.3, -0.25) is 9.89 Å². The summed E-state index contributed by atoms with van der Waals surface area (Å²) < 4.78 is 1.64. The molecule has 1 aromatic carbocycles. The van der Waals surface area contributed by atoms with Crippen LogP contribution in [-0.4, -0.2) is 79.5 Å². The number of aromatic nitrogens is 8. The van der Waals surface area contributed by atoms with Gasteiger partial charge in [0.25, 0.3) is 5.91 Å². The molecule has 5 heterocycles. The van der Waals surface area contributed by atoms with E-state index >= 15 is 0 Å². The van der Waals surface area contributed by atoms with Crippen LogP contribution in [0.2, 0.25) is 0 Å². The molecule has 4 aromatic rings. The summed E-state index contributed by atoms with van der Waals surface area (Å²) in [5.74, 6) is 1.27. The second-order valence-corrected chi connectivity index (χ2v) is 8.94. The van der Waals surface area contributed by atoms with Crippen LogP contribution in [-0.2, 0) is 4.79 Å². The van der Waals surface area contributed by atoms with E-state index in [2.05, 4.69) is 51.2 Å². The Balaban J connectivity index is 1.30. The molecule has 0 saturated carbocycles. The van der Waals surface area contributed by atoms with Gasteiger partial charge in [-0.1, -0.05) is 5.10 Å². The van der Waals surface area contributed by atoms with Crippen molar-refractivity contribution in [3.63, 3.8) is 0 Å². The standard InChI is InChI=1S/C23H26N12O/c1-13-20(14(2)35-23(33(13)3)30-31-32-35)22(36)27-15-4-5-17-16(10-15)21(29-28-17)18-11-19(26-12-25-18)34-8-6-24-7-9-34/h4-5,10-12,14,24H,6-9H2,1-3H3,(H,27,36)(H,28,29). The van der Waals surface area contributed by atoms with E-state index in [0.29, 0.717) is 22.9 Å². The first kappa shape index (κ1) is 22.1. The number of rotatable bonds is 4. The number of anilines is 3. The van der Waals surface area contributed by atoms with Crippen LogP contribution in [0.4, 0.5) is 17.5 Å². The Kier molecular flexibility index (Phi) is 5.33. The number of nitrogens with one attached hydrogen (secondary N) is 3. The van der Waals surface area contributed by atoms with Crippen LogP contribution in [0.1, 0.15) is 19.9 Å². The number of hydrogen-bond donors (Lipinski definition) is 3. The zero-order valence-electron chi connectivity index (χ0n) is 20.2. The maximum absolute atomic E-state index is 13.4. The van der Waals surface area contributed by atoms with Crippen LogP contribution in [0.15, 0.2) is 41.9 Å². The van der Waals surface area contributed by atoms with E-state index in [-0.39, 0.29) is 11.9 Å². The number of carbonyl (C=O) groups excluding carboxylic acids is 1. The van der Waals surface area contributed by atoms with Crippen molar-refractivity contribution in [3.05, 3.63) is 41.9 Å². The monoisotopic (exact) mass is 486 g/mol. The molecular weight excluding hydrogens is 460 g/mol. The zero-order chi connectivity index (χ0) is 24.8. The fraction of sp³-hybridized carbons (Fsp3) is 0.348. The third-order valence-corrected chi connectivity index (χ3v) is 6.85. The zero-order valence-corrected chi connectivity index (χ0v) is 20.2. The molecule has 13 heteroatoms. The third kappa shape index (κ3) is 3.64. The quantitative estimate of drug-likeness (QED) is 0.386. The maximum Gasteiger partial charge on any atom is 0.255 e. The Morgan fingerprint density at radius 3 is 2.83 bits per heavy atom. The number of amides is 1. The molecule has 2 aliphatic rings. The minimum absolute atomic E-state index is 0.208. The summed E-state index contributed by atoms with van der Waals surface area (Å²) >= 11 is 0. The van der Waals surface area contributed by atoms with Crippen LogP contribution in [0, 0.1) is 0 Å². The molecule has 2 aliphatic heterocycles. The fourth-order valence-corrected chi connectivity index (χ4v) is 4.80. The lowest BCUT2D eigenvalue weighted by molar-refractivity contribution is -0.113. The van der Waals surface area contributed by atoms with Gasteiger partial charge in [0.1, 0.15) is 17.8 Å². The van der Waals surface area contributed by atoms with Crippen LogP contribution in [0.3, 0.4) is 0 Å². The first-order valence-electron chi connectivity index (χ1n) is 11.8. The highest BCUT2D eigenvalue weighted by atomic mass is 16.1. The molecule has 1 fully saturated rings. The normalized spacial score (nSPS) is 18.0. The average Bonchev–Trinajstić information content (AvgIpc) is 3.56. The molecule has 3 aromatic heterocycles. The minimum atomic E-state index is -0.302. The first-order valence-corrected chi connectivity index (χ1v) is 11.8. The van der Waals surface area contributed by atoms with E-state index in [0.717, 1.165) is 54.3 Å². The molecule has 0 radical (unpaired) electrons. The Morgan fingerprint density at radius 2 is 2.00 bits per heavy atom. The van der Waals surface area contributed by atoms with Gasteiger partial charge in [-0.2, -0.15) is 5.10 Å². The number of carbonyl (C=O) groups is 1. The van der Waals surface area contributed by atoms with Crippen LogP contribution in [0.5, 0.6) is 0 Å². The highest BCUT2D eigenvalue weighted by Crippen LogP contribution is 2.33.